The van der Waals surface area contributed by atoms with E-state index >= 15 is 0 Å². The minimum Gasteiger partial charge on any atom is -0.378 e. The topological polar surface area (TPSA) is 86.4 Å². The van der Waals surface area contributed by atoms with E-state index in [2.05, 4.69) is 17.2 Å². The summed E-state index contributed by atoms with van der Waals surface area (Å²) < 4.78 is 30.8. The molecule has 3 saturated heterocycles. The lowest BCUT2D eigenvalue weighted by Gasteiger charge is -2.45. The van der Waals surface area contributed by atoms with Gasteiger partial charge in [0.25, 0.3) is 0 Å². The Bertz CT molecular complexity index is 691. The fraction of sp³-hybridized carbons (Fsp3) is 0.588. The average Bonchev–Trinajstić information content (AvgIpc) is 3.26. The lowest BCUT2D eigenvalue weighted by atomic mass is 10.2. The van der Waals surface area contributed by atoms with E-state index < -0.39 is 11.0 Å². The number of nitriles is 1. The molecule has 3 aliphatic rings. The van der Waals surface area contributed by atoms with Gasteiger partial charge in [0.05, 0.1) is 31.5 Å². The van der Waals surface area contributed by atoms with Crippen molar-refractivity contribution in [2.45, 2.75) is 12.5 Å². The van der Waals surface area contributed by atoms with Gasteiger partial charge in [-0.3, -0.25) is 13.4 Å². The van der Waals surface area contributed by atoms with Gasteiger partial charge >= 0.3 is 0 Å². The van der Waals surface area contributed by atoms with Crippen LogP contribution in [0.5, 0.6) is 0 Å². The van der Waals surface area contributed by atoms with Gasteiger partial charge in [-0.15, -0.1) is 0 Å². The summed E-state index contributed by atoms with van der Waals surface area (Å²) in [6.07, 6.45) is 2.94. The predicted octanol–water partition coefficient (Wildman–Crippen LogP) is 1.78. The molecule has 4 rings (SSSR count). The van der Waals surface area contributed by atoms with Gasteiger partial charge in [0.1, 0.15) is 0 Å². The van der Waals surface area contributed by atoms with E-state index in [-0.39, 0.29) is 6.04 Å². The first-order valence-electron chi connectivity index (χ1n) is 9.00. The van der Waals surface area contributed by atoms with E-state index in [9.17, 15) is 9.11 Å². The average molecular weight is 379 g/mol. The number of ether oxygens (including phenoxy) is 1. The number of benzene rings is 1. The maximum atomic E-state index is 10.9. The molecule has 0 aliphatic carbocycles. The minimum absolute atomic E-state index is 0.00655. The highest BCUT2D eigenvalue weighted by Gasteiger charge is 2.43. The Kier molecular flexibility index (Phi) is 4.86. The molecular weight excluding hydrogens is 354 g/mol. The Morgan fingerprint density at radius 2 is 1.85 bits per heavy atom. The molecule has 0 radical (unpaired) electrons. The number of anilines is 2. The standard InChI is InChI=1S/C17H25N5O3S/c18-14-19-5-4-17(13-19)22-7-6-21(26(22,23)24)16-3-1-2-15(12-16)20-8-10-25-11-9-20/h1-3,12,17,23-24H,4-11,13H2. The van der Waals surface area contributed by atoms with E-state index in [0.29, 0.717) is 39.4 Å². The molecule has 1 atom stereocenters. The van der Waals surface area contributed by atoms with Gasteiger partial charge in [-0.2, -0.15) is 9.57 Å². The van der Waals surface area contributed by atoms with Crippen molar-refractivity contribution in [3.63, 3.8) is 0 Å². The molecule has 1 unspecified atom stereocenters. The van der Waals surface area contributed by atoms with Crippen molar-refractivity contribution in [3.05, 3.63) is 24.3 Å². The molecule has 1 aromatic carbocycles. The largest absolute Gasteiger partial charge is 0.378 e. The second-order valence-electron chi connectivity index (χ2n) is 6.84. The molecule has 26 heavy (non-hydrogen) atoms. The number of rotatable bonds is 3. The molecule has 3 aliphatic heterocycles. The number of morpholine rings is 1. The summed E-state index contributed by atoms with van der Waals surface area (Å²) in [6, 6.07) is 7.98. The molecule has 0 amide bonds. The Hall–Kier alpha value is -1.70. The van der Waals surface area contributed by atoms with Crippen molar-refractivity contribution in [3.8, 4) is 6.19 Å². The zero-order valence-electron chi connectivity index (χ0n) is 14.7. The van der Waals surface area contributed by atoms with Crippen molar-refractivity contribution >= 4 is 22.3 Å². The molecule has 0 bridgehead atoms. The van der Waals surface area contributed by atoms with Crippen molar-refractivity contribution in [2.24, 2.45) is 0 Å². The van der Waals surface area contributed by atoms with E-state index in [0.717, 1.165) is 30.9 Å². The SMILES string of the molecule is N#CN1CCC(N2CCN(c3cccc(N4CCOCC4)c3)S2(O)O)C1. The van der Waals surface area contributed by atoms with Crippen LogP contribution in [0.25, 0.3) is 0 Å². The van der Waals surface area contributed by atoms with Gasteiger partial charge in [-0.1, -0.05) is 17.0 Å². The zero-order chi connectivity index (χ0) is 18.1. The van der Waals surface area contributed by atoms with E-state index in [4.69, 9.17) is 10.00 Å². The summed E-state index contributed by atoms with van der Waals surface area (Å²) in [5.74, 6) is 0. The van der Waals surface area contributed by atoms with Crippen LogP contribution >= 0.6 is 11.0 Å². The maximum absolute atomic E-state index is 10.9. The third-order valence-corrected chi connectivity index (χ3v) is 7.43. The summed E-state index contributed by atoms with van der Waals surface area (Å²) in [7, 11) is -3.06. The fourth-order valence-corrected chi connectivity index (χ4v) is 5.82. The monoisotopic (exact) mass is 379 g/mol. The highest BCUT2D eigenvalue weighted by Crippen LogP contribution is 2.55. The molecule has 142 valence electrons. The molecule has 1 aromatic rings. The van der Waals surface area contributed by atoms with Crippen LogP contribution in [0.4, 0.5) is 11.4 Å². The lowest BCUT2D eigenvalue weighted by molar-refractivity contribution is 0.122. The Morgan fingerprint density at radius 3 is 2.58 bits per heavy atom. The van der Waals surface area contributed by atoms with Crippen LogP contribution < -0.4 is 9.21 Å². The number of hydrogen-bond donors (Lipinski definition) is 2. The van der Waals surface area contributed by atoms with E-state index in [1.807, 2.05) is 18.2 Å². The molecule has 2 N–H and O–H groups in total. The molecule has 0 spiro atoms. The predicted molar refractivity (Wildman–Crippen MR) is 102 cm³/mol. The molecular formula is C17H25N5O3S. The summed E-state index contributed by atoms with van der Waals surface area (Å²) >= 11 is 0. The Balaban J connectivity index is 1.52. The van der Waals surface area contributed by atoms with Crippen LogP contribution in [-0.4, -0.2) is 76.8 Å². The summed E-state index contributed by atoms with van der Waals surface area (Å²) in [4.78, 5) is 3.94. The quantitative estimate of drug-likeness (QED) is 0.769. The first-order valence-corrected chi connectivity index (χ1v) is 10.5. The maximum Gasteiger partial charge on any atom is 0.179 e. The molecule has 0 aromatic heterocycles. The van der Waals surface area contributed by atoms with Crippen LogP contribution in [0.3, 0.4) is 0 Å². The molecule has 9 heteroatoms. The van der Waals surface area contributed by atoms with Gasteiger partial charge in [-0.05, 0) is 24.6 Å². The molecule has 3 fully saturated rings. The third-order valence-electron chi connectivity index (χ3n) is 5.34. The normalized spacial score (nSPS) is 27.6. The summed E-state index contributed by atoms with van der Waals surface area (Å²) in [5.41, 5.74) is 1.91. The fourth-order valence-electron chi connectivity index (χ4n) is 3.95. The number of likely N-dealkylation sites (tertiary alicyclic amines) is 1. The third kappa shape index (κ3) is 3.19. The minimum atomic E-state index is -3.06. The number of hydrogen-bond acceptors (Lipinski definition) is 8. The van der Waals surface area contributed by atoms with Crippen LogP contribution in [0, 0.1) is 11.5 Å². The summed E-state index contributed by atoms with van der Waals surface area (Å²) in [6.45, 7) is 5.53. The smallest absolute Gasteiger partial charge is 0.179 e. The molecule has 8 nitrogen and oxygen atoms in total. The van der Waals surface area contributed by atoms with Crippen molar-refractivity contribution in [1.82, 2.24) is 9.21 Å². The van der Waals surface area contributed by atoms with Gasteiger partial charge in [-0.25, -0.2) is 0 Å². The Morgan fingerprint density at radius 1 is 1.08 bits per heavy atom. The van der Waals surface area contributed by atoms with Gasteiger partial charge in [0.2, 0.25) is 0 Å². The van der Waals surface area contributed by atoms with Crippen molar-refractivity contribution in [1.29, 1.82) is 5.26 Å². The first kappa shape index (κ1) is 17.7. The second kappa shape index (κ2) is 7.13. The van der Waals surface area contributed by atoms with E-state index in [1.165, 1.54) is 0 Å². The zero-order valence-corrected chi connectivity index (χ0v) is 15.5. The second-order valence-corrected chi connectivity index (χ2v) is 8.73. The van der Waals surface area contributed by atoms with Crippen LogP contribution in [0.2, 0.25) is 0 Å². The van der Waals surface area contributed by atoms with Crippen LogP contribution in [0.15, 0.2) is 24.3 Å². The van der Waals surface area contributed by atoms with E-state index in [1.54, 1.807) is 13.5 Å². The van der Waals surface area contributed by atoms with Crippen molar-refractivity contribution < 1.29 is 13.8 Å². The molecule has 0 saturated carbocycles. The number of nitrogens with zero attached hydrogens (tertiary/aromatic N) is 5. The summed E-state index contributed by atoms with van der Waals surface area (Å²) in [5, 5.41) is 9.06. The lowest BCUT2D eigenvalue weighted by Crippen LogP contribution is -2.38. The van der Waals surface area contributed by atoms with Gasteiger partial charge < -0.3 is 14.5 Å². The highest BCUT2D eigenvalue weighted by atomic mass is 32.3. The highest BCUT2D eigenvalue weighted by molar-refractivity contribution is 8.23. The molecule has 3 heterocycles. The first-order chi connectivity index (χ1) is 12.6. The Labute approximate surface area is 155 Å². The van der Waals surface area contributed by atoms with Crippen LogP contribution in [-0.2, 0) is 4.74 Å². The van der Waals surface area contributed by atoms with Gasteiger partial charge in [0, 0.05) is 38.4 Å². The van der Waals surface area contributed by atoms with Crippen molar-refractivity contribution in [2.75, 3.05) is 61.7 Å². The van der Waals surface area contributed by atoms with Crippen LogP contribution in [0.1, 0.15) is 6.42 Å². The van der Waals surface area contributed by atoms with Gasteiger partial charge in [0.15, 0.2) is 6.19 Å².